The van der Waals surface area contributed by atoms with Crippen molar-refractivity contribution >= 4 is 11.9 Å². The lowest BCUT2D eigenvalue weighted by Gasteiger charge is -2.72. The van der Waals surface area contributed by atoms with Gasteiger partial charge in [0.25, 0.3) is 0 Å². The average molecular weight is 1290 g/mol. The highest BCUT2D eigenvalue weighted by Crippen LogP contribution is 2.76. The molecule has 90 heavy (non-hydrogen) atoms. The van der Waals surface area contributed by atoms with Crippen LogP contribution in [0.25, 0.3) is 0 Å². The summed E-state index contributed by atoms with van der Waals surface area (Å²) in [5.74, 6) is -3.07. The molecule has 28 heteroatoms. The lowest BCUT2D eigenvalue weighted by Crippen LogP contribution is -2.70. The van der Waals surface area contributed by atoms with Gasteiger partial charge in [0.2, 0.25) is 6.29 Å². The molecule has 5 aliphatic heterocycles. The minimum Gasteiger partial charge on any atom is -0.451 e. The zero-order valence-electron chi connectivity index (χ0n) is 52.6. The zero-order chi connectivity index (χ0) is 66.0. The smallest absolute Gasteiger partial charge is 0.330 e. The van der Waals surface area contributed by atoms with Gasteiger partial charge in [0, 0.05) is 11.5 Å². The van der Waals surface area contributed by atoms with Gasteiger partial charge in [0.05, 0.1) is 49.8 Å². The first-order chi connectivity index (χ1) is 42.0. The molecule has 0 amide bonds. The van der Waals surface area contributed by atoms with Gasteiger partial charge in [-0.05, 0) is 118 Å². The summed E-state index contributed by atoms with van der Waals surface area (Å²) in [6.45, 7) is 17.4. The van der Waals surface area contributed by atoms with Crippen molar-refractivity contribution < 1.29 is 138 Å². The molecule has 0 aromatic carbocycles. The third kappa shape index (κ3) is 11.7. The molecule has 5 aliphatic carbocycles. The van der Waals surface area contributed by atoms with E-state index < -0.39 is 224 Å². The van der Waals surface area contributed by atoms with Gasteiger partial charge in [-0.3, -0.25) is 4.79 Å². The molecule has 35 atom stereocenters. The molecule has 0 aromatic heterocycles. The maximum Gasteiger partial charge on any atom is 0.330 e. The highest BCUT2D eigenvalue weighted by molar-refractivity contribution is 5.82. The van der Waals surface area contributed by atoms with Crippen molar-refractivity contribution in [2.75, 3.05) is 13.2 Å². The number of carbonyl (C=O) groups excluding carboxylic acids is 2. The van der Waals surface area contributed by atoms with Crippen molar-refractivity contribution in [2.24, 2.45) is 50.2 Å². The van der Waals surface area contributed by atoms with Crippen LogP contribution in [-0.2, 0) is 61.7 Å². The van der Waals surface area contributed by atoms with E-state index in [1.165, 1.54) is 33.8 Å². The Hall–Kier alpha value is -2.54. The quantitative estimate of drug-likeness (QED) is 0.0393. The Morgan fingerprint density at radius 1 is 0.567 bits per heavy atom. The van der Waals surface area contributed by atoms with Crippen molar-refractivity contribution in [1.82, 2.24) is 0 Å². The van der Waals surface area contributed by atoms with Gasteiger partial charge in [-0.2, -0.15) is 0 Å². The molecule has 0 aromatic rings. The van der Waals surface area contributed by atoms with Crippen LogP contribution in [0.2, 0.25) is 0 Å². The number of hydrogen-bond acceptors (Lipinski definition) is 28. The van der Waals surface area contributed by atoms with E-state index in [1.54, 1.807) is 0 Å². The minimum atomic E-state index is -2.16. The number of aliphatic hydroxyl groups is 15. The second kappa shape index (κ2) is 25.8. The standard InChI is InChI=1S/C62H98O28/c1-11-12-34(67)84-47-43(76)48(87-53-42(75)39(72)45(26(4)83-53)85-51-44(77)46(30(65)22-80-51)86-52-40(73)37(70)35(68)24(2)81-52)55(89-50(47)78)90-56(79)62-18-17-57(5,6)19-28(62)27-13-14-32-58(7)20-29(64)49(88-54-41(74)38(71)36(69)25(3)82-54)59(8,23-63)31(58)15-16-60(32,9)61(27,10)21-33(62)66/h11-13,24-26,28-33,35-55,63-66,68-78H,14-23H2,1-10H3. The second-order valence-corrected chi connectivity index (χ2v) is 29.3. The first-order valence-electron chi connectivity index (χ1n) is 31.8. The molecule has 9 fully saturated rings. The maximum absolute atomic E-state index is 15.7. The molecular formula is C62H98O28. The van der Waals surface area contributed by atoms with Crippen LogP contribution in [0.4, 0.5) is 0 Å². The Kier molecular flexibility index (Phi) is 20.1. The van der Waals surface area contributed by atoms with Gasteiger partial charge in [-0.1, -0.05) is 59.3 Å². The fourth-order valence-electron chi connectivity index (χ4n) is 18.0. The zero-order valence-corrected chi connectivity index (χ0v) is 52.6. The van der Waals surface area contributed by atoms with Crippen LogP contribution in [0.5, 0.6) is 0 Å². The average Bonchev–Trinajstić information content (AvgIpc) is 0.672. The molecule has 0 radical (unpaired) electrons. The van der Waals surface area contributed by atoms with E-state index in [9.17, 15) is 81.4 Å². The van der Waals surface area contributed by atoms with Crippen LogP contribution in [0.1, 0.15) is 121 Å². The number of carbonyl (C=O) groups is 2. The first kappa shape index (κ1) is 70.3. The molecule has 514 valence electrons. The predicted molar refractivity (Wildman–Crippen MR) is 303 cm³/mol. The van der Waals surface area contributed by atoms with Crippen molar-refractivity contribution in [3.05, 3.63) is 23.8 Å². The van der Waals surface area contributed by atoms with Crippen LogP contribution in [-0.4, -0.2) is 268 Å². The molecule has 0 bridgehead atoms. The summed E-state index contributed by atoms with van der Waals surface area (Å²) in [5, 5.41) is 169. The van der Waals surface area contributed by atoms with Crippen molar-refractivity contribution in [3.8, 4) is 0 Å². The Morgan fingerprint density at radius 2 is 1.14 bits per heavy atom. The van der Waals surface area contributed by atoms with Crippen LogP contribution in [0.15, 0.2) is 23.8 Å². The Balaban J connectivity index is 0.896. The van der Waals surface area contributed by atoms with E-state index in [-0.39, 0.29) is 36.5 Å². The molecule has 15 N–H and O–H groups in total. The second-order valence-electron chi connectivity index (χ2n) is 29.3. The molecule has 0 spiro atoms. The summed E-state index contributed by atoms with van der Waals surface area (Å²) in [7, 11) is 0. The summed E-state index contributed by atoms with van der Waals surface area (Å²) in [5.41, 5.74) is -4.26. The summed E-state index contributed by atoms with van der Waals surface area (Å²) >= 11 is 0. The van der Waals surface area contributed by atoms with Gasteiger partial charge in [-0.25, -0.2) is 4.79 Å². The monoisotopic (exact) mass is 1290 g/mol. The third-order valence-corrected chi connectivity index (χ3v) is 23.4. The number of aliphatic hydroxyl groups excluding tert-OH is 15. The van der Waals surface area contributed by atoms with E-state index in [4.69, 9.17) is 52.1 Å². The van der Waals surface area contributed by atoms with E-state index in [0.29, 0.717) is 32.1 Å². The fraction of sp³-hybridized carbons (Fsp3) is 0.903. The highest BCUT2D eigenvalue weighted by Gasteiger charge is 2.73. The largest absolute Gasteiger partial charge is 0.451 e. The molecular weight excluding hydrogens is 1190 g/mol. The van der Waals surface area contributed by atoms with Gasteiger partial charge in [0.1, 0.15) is 84.8 Å². The normalized spacial score (nSPS) is 54.5. The third-order valence-electron chi connectivity index (χ3n) is 23.4. The summed E-state index contributed by atoms with van der Waals surface area (Å²) < 4.78 is 64.8. The van der Waals surface area contributed by atoms with Crippen LogP contribution in [0, 0.1) is 50.2 Å². The number of fused-ring (bicyclic) bond motifs is 7. The fourth-order valence-corrected chi connectivity index (χ4v) is 18.0. The first-order valence-corrected chi connectivity index (χ1v) is 31.8. The lowest BCUT2D eigenvalue weighted by atomic mass is 9.33. The SMILES string of the molecule is CC=CC(=O)OC1C(O)OC(OC(=O)C23CCC(C)(C)CC2C2=CCC4C5(C)CC(O)C(OC6OC(C)C(O)C(O)C6O)C(C)(CO)C5CCC4(C)C2(C)CC3O)C(OC2OC(C)C(OC3OCC(O)C(OC4OC(C)C(O)C(O)C4O)C3O)C(O)C2O)C1O. The highest BCUT2D eigenvalue weighted by atomic mass is 16.8. The Morgan fingerprint density at radius 3 is 1.76 bits per heavy atom. The van der Waals surface area contributed by atoms with Gasteiger partial charge >= 0.3 is 11.9 Å². The number of allylic oxidation sites excluding steroid dienone is 3. The van der Waals surface area contributed by atoms with Crippen molar-refractivity contribution in [1.29, 1.82) is 0 Å². The van der Waals surface area contributed by atoms with Crippen LogP contribution in [0.3, 0.4) is 0 Å². The number of rotatable bonds is 13. The predicted octanol–water partition coefficient (Wildman–Crippen LogP) is -2.49. The molecule has 35 unspecified atom stereocenters. The molecule has 4 saturated carbocycles. The van der Waals surface area contributed by atoms with Gasteiger partial charge in [0.15, 0.2) is 43.7 Å². The lowest BCUT2D eigenvalue weighted by molar-refractivity contribution is -0.390. The Labute approximate surface area is 522 Å². The van der Waals surface area contributed by atoms with Gasteiger partial charge < -0.3 is 129 Å². The number of hydrogen-bond donors (Lipinski definition) is 15. The van der Waals surface area contributed by atoms with Crippen molar-refractivity contribution in [3.63, 3.8) is 0 Å². The molecule has 10 rings (SSSR count). The number of esters is 2. The van der Waals surface area contributed by atoms with Crippen LogP contribution < -0.4 is 0 Å². The molecule has 10 aliphatic rings. The molecule has 28 nitrogen and oxygen atoms in total. The summed E-state index contributed by atoms with van der Waals surface area (Å²) in [4.78, 5) is 28.6. The molecule has 5 saturated heterocycles. The summed E-state index contributed by atoms with van der Waals surface area (Å²) in [6, 6.07) is 0. The van der Waals surface area contributed by atoms with E-state index in [1.807, 2.05) is 6.92 Å². The van der Waals surface area contributed by atoms with E-state index >= 15 is 4.79 Å². The topological polar surface area (TPSA) is 439 Å². The molecule has 5 heterocycles. The van der Waals surface area contributed by atoms with E-state index in [2.05, 4.69) is 40.7 Å². The van der Waals surface area contributed by atoms with E-state index in [0.717, 1.165) is 11.6 Å². The van der Waals surface area contributed by atoms with Crippen molar-refractivity contribution in [2.45, 2.75) is 287 Å². The minimum absolute atomic E-state index is 0.0674. The Bertz CT molecular complexity index is 2610. The number of ether oxygens (including phenoxy) is 11. The van der Waals surface area contributed by atoms with Crippen LogP contribution >= 0.6 is 0 Å². The van der Waals surface area contributed by atoms with Gasteiger partial charge in [-0.15, -0.1) is 0 Å². The maximum atomic E-state index is 15.7. The summed E-state index contributed by atoms with van der Waals surface area (Å²) in [6.07, 6.45) is -36.6.